The number of rotatable bonds is 2. The van der Waals surface area contributed by atoms with Crippen molar-refractivity contribution in [2.75, 3.05) is 0 Å². The van der Waals surface area contributed by atoms with Crippen LogP contribution in [0.2, 0.25) is 4.34 Å². The molecule has 0 N–H and O–H groups in total. The van der Waals surface area contributed by atoms with E-state index in [2.05, 4.69) is 14.7 Å². The van der Waals surface area contributed by atoms with Crippen LogP contribution in [0.3, 0.4) is 0 Å². The molecule has 0 fully saturated rings. The Bertz CT molecular complexity index is 408. The van der Waals surface area contributed by atoms with Crippen molar-refractivity contribution in [3.05, 3.63) is 28.0 Å². The number of aromatic nitrogens is 4. The van der Waals surface area contributed by atoms with Crippen molar-refractivity contribution in [3.63, 3.8) is 0 Å². The molecule has 13 heavy (non-hydrogen) atoms. The van der Waals surface area contributed by atoms with Gasteiger partial charge in [0.2, 0.25) is 0 Å². The fraction of sp³-hybridized carbons (Fsp3) is 0.286. The minimum absolute atomic E-state index is 0.586. The van der Waals surface area contributed by atoms with Crippen LogP contribution in [0, 0.1) is 6.92 Å². The molecule has 0 aliphatic carbocycles. The Labute approximate surface area is 84.3 Å². The quantitative estimate of drug-likeness (QED) is 0.765. The van der Waals surface area contributed by atoms with Crippen molar-refractivity contribution in [2.45, 2.75) is 13.5 Å². The summed E-state index contributed by atoms with van der Waals surface area (Å²) in [7, 11) is 0. The van der Waals surface area contributed by atoms with Gasteiger partial charge in [-0.1, -0.05) is 16.1 Å². The first-order valence-electron chi connectivity index (χ1n) is 3.72. The maximum Gasteiger partial charge on any atom is 0.139 e. The summed E-state index contributed by atoms with van der Waals surface area (Å²) in [4.78, 5) is 0. The van der Waals surface area contributed by atoms with Crippen molar-refractivity contribution in [3.8, 4) is 0 Å². The van der Waals surface area contributed by atoms with Crippen LogP contribution in [0.25, 0.3) is 0 Å². The van der Waals surface area contributed by atoms with Crippen molar-refractivity contribution >= 4 is 23.1 Å². The van der Waals surface area contributed by atoms with E-state index < -0.39 is 0 Å². The van der Waals surface area contributed by atoms with Crippen LogP contribution in [0.5, 0.6) is 0 Å². The summed E-state index contributed by atoms with van der Waals surface area (Å²) in [5.41, 5.74) is 1.76. The molecule has 0 aliphatic heterocycles. The van der Waals surface area contributed by atoms with Crippen LogP contribution in [0.1, 0.15) is 11.4 Å². The predicted octanol–water partition coefficient (Wildman–Crippen LogP) is 1.74. The topological polar surface area (TPSA) is 43.6 Å². The fourth-order valence-electron chi connectivity index (χ4n) is 0.996. The zero-order chi connectivity index (χ0) is 9.26. The molecule has 0 aromatic carbocycles. The Morgan fingerprint density at radius 2 is 2.46 bits per heavy atom. The molecule has 2 rings (SSSR count). The Morgan fingerprint density at radius 3 is 3.00 bits per heavy atom. The molecule has 0 atom stereocenters. The molecule has 0 spiro atoms. The van der Waals surface area contributed by atoms with Gasteiger partial charge in [0, 0.05) is 17.7 Å². The number of nitrogens with zero attached hydrogens (tertiary/aromatic N) is 4. The first kappa shape index (κ1) is 8.65. The van der Waals surface area contributed by atoms with E-state index in [1.165, 1.54) is 11.5 Å². The van der Waals surface area contributed by atoms with Gasteiger partial charge in [0.05, 0.1) is 12.2 Å². The summed E-state index contributed by atoms with van der Waals surface area (Å²) in [5.74, 6) is 0. The Balaban J connectivity index is 2.19. The summed E-state index contributed by atoms with van der Waals surface area (Å²) >= 11 is 7.04. The summed E-state index contributed by atoms with van der Waals surface area (Å²) in [6, 6.07) is 1.94. The van der Waals surface area contributed by atoms with Crippen LogP contribution >= 0.6 is 23.1 Å². The molecule has 0 radical (unpaired) electrons. The second kappa shape index (κ2) is 3.43. The Morgan fingerprint density at radius 1 is 1.62 bits per heavy atom. The van der Waals surface area contributed by atoms with E-state index in [0.29, 0.717) is 10.9 Å². The smallest absolute Gasteiger partial charge is 0.139 e. The van der Waals surface area contributed by atoms with Crippen LogP contribution in [0.4, 0.5) is 0 Å². The van der Waals surface area contributed by atoms with Gasteiger partial charge in [0.25, 0.3) is 0 Å². The molecule has 0 unspecified atom stereocenters. The van der Waals surface area contributed by atoms with E-state index in [9.17, 15) is 0 Å². The summed E-state index contributed by atoms with van der Waals surface area (Å²) in [5, 5.41) is 8.12. The zero-order valence-electron chi connectivity index (χ0n) is 6.94. The molecule has 2 heterocycles. The second-order valence-corrected chi connectivity index (χ2v) is 4.00. The number of halogens is 1. The standard InChI is InChI=1S/C7H7ClN4S/c1-5-2-3-12(10-5)4-6-7(8)13-11-9-6/h2-3H,4H2,1H3. The lowest BCUT2D eigenvalue weighted by molar-refractivity contribution is 0.664. The van der Waals surface area contributed by atoms with Crippen molar-refractivity contribution in [1.29, 1.82) is 0 Å². The molecule has 0 aliphatic rings. The lowest BCUT2D eigenvalue weighted by Crippen LogP contribution is -2.01. The molecule has 0 bridgehead atoms. The van der Waals surface area contributed by atoms with Crippen molar-refractivity contribution < 1.29 is 0 Å². The number of hydrogen-bond donors (Lipinski definition) is 0. The van der Waals surface area contributed by atoms with Crippen molar-refractivity contribution in [1.82, 2.24) is 19.4 Å². The third kappa shape index (κ3) is 1.87. The van der Waals surface area contributed by atoms with Gasteiger partial charge in [0.1, 0.15) is 10.0 Å². The highest BCUT2D eigenvalue weighted by Crippen LogP contribution is 2.17. The lowest BCUT2D eigenvalue weighted by Gasteiger charge is -1.96. The first-order chi connectivity index (χ1) is 6.25. The minimum atomic E-state index is 0.586. The van der Waals surface area contributed by atoms with Crippen LogP contribution < -0.4 is 0 Å². The predicted molar refractivity (Wildman–Crippen MR) is 51.0 cm³/mol. The summed E-state index contributed by atoms with van der Waals surface area (Å²) in [6.07, 6.45) is 1.89. The van der Waals surface area contributed by atoms with Gasteiger partial charge in [0.15, 0.2) is 0 Å². The Hall–Kier alpha value is -0.940. The van der Waals surface area contributed by atoms with Crippen LogP contribution in [-0.2, 0) is 6.54 Å². The highest BCUT2D eigenvalue weighted by atomic mass is 35.5. The first-order valence-corrected chi connectivity index (χ1v) is 4.87. The minimum Gasteiger partial charge on any atom is -0.266 e. The molecular formula is C7H7ClN4S. The van der Waals surface area contributed by atoms with Gasteiger partial charge in [-0.2, -0.15) is 5.10 Å². The van der Waals surface area contributed by atoms with Gasteiger partial charge in [-0.25, -0.2) is 0 Å². The molecule has 2 aromatic rings. The van der Waals surface area contributed by atoms with Gasteiger partial charge < -0.3 is 0 Å². The van der Waals surface area contributed by atoms with Gasteiger partial charge in [-0.3, -0.25) is 4.68 Å². The summed E-state index contributed by atoms with van der Waals surface area (Å²) < 4.78 is 6.17. The average Bonchev–Trinajstić information content (AvgIpc) is 2.64. The lowest BCUT2D eigenvalue weighted by atomic mass is 10.5. The Kier molecular flexibility index (Phi) is 2.28. The summed E-state index contributed by atoms with van der Waals surface area (Å²) in [6.45, 7) is 2.53. The van der Waals surface area contributed by atoms with Gasteiger partial charge in [-0.15, -0.1) is 5.10 Å². The van der Waals surface area contributed by atoms with Crippen LogP contribution in [-0.4, -0.2) is 19.4 Å². The van der Waals surface area contributed by atoms with E-state index in [-0.39, 0.29) is 0 Å². The molecule has 0 amide bonds. The maximum absolute atomic E-state index is 5.85. The second-order valence-electron chi connectivity index (χ2n) is 2.65. The normalized spacial score (nSPS) is 10.6. The van der Waals surface area contributed by atoms with Crippen LogP contribution in [0.15, 0.2) is 12.3 Å². The number of aryl methyl sites for hydroxylation is 1. The molecule has 6 heteroatoms. The van der Waals surface area contributed by atoms with Gasteiger partial charge >= 0.3 is 0 Å². The molecule has 68 valence electrons. The highest BCUT2D eigenvalue weighted by Gasteiger charge is 2.05. The monoisotopic (exact) mass is 214 g/mol. The average molecular weight is 215 g/mol. The van der Waals surface area contributed by atoms with E-state index in [1.54, 1.807) is 4.68 Å². The third-order valence-electron chi connectivity index (χ3n) is 1.60. The molecule has 0 saturated carbocycles. The molecule has 2 aromatic heterocycles. The fourth-order valence-corrected chi connectivity index (χ4v) is 1.61. The van der Waals surface area contributed by atoms with Crippen molar-refractivity contribution in [2.24, 2.45) is 0 Å². The third-order valence-corrected chi connectivity index (χ3v) is 2.58. The van der Waals surface area contributed by atoms with E-state index in [0.717, 1.165) is 11.4 Å². The highest BCUT2D eigenvalue weighted by molar-refractivity contribution is 7.10. The van der Waals surface area contributed by atoms with E-state index in [1.807, 2.05) is 19.2 Å². The molecular weight excluding hydrogens is 208 g/mol. The molecule has 0 saturated heterocycles. The number of hydrogen-bond acceptors (Lipinski definition) is 4. The largest absolute Gasteiger partial charge is 0.266 e. The zero-order valence-corrected chi connectivity index (χ0v) is 8.51. The SMILES string of the molecule is Cc1ccn(Cc2nnsc2Cl)n1. The maximum atomic E-state index is 5.85. The van der Waals surface area contributed by atoms with Gasteiger partial charge in [-0.05, 0) is 13.0 Å². The van der Waals surface area contributed by atoms with E-state index in [4.69, 9.17) is 11.6 Å². The molecule has 4 nitrogen and oxygen atoms in total. The van der Waals surface area contributed by atoms with E-state index >= 15 is 0 Å².